The van der Waals surface area contributed by atoms with Crippen LogP contribution < -0.4 is 5.32 Å². The molecule has 0 amide bonds. The monoisotopic (exact) mass is 551 g/mol. The predicted molar refractivity (Wildman–Crippen MR) is 125 cm³/mol. The summed E-state index contributed by atoms with van der Waals surface area (Å²) in [4.78, 5) is 12.4. The molecular formula is C21H29F3IN5O. The SMILES string of the molecule is CCN(CC1CCN(C(=NC)NCc2coc(-c3ccccc3)n2)C1)CC(F)(F)F.I. The summed E-state index contributed by atoms with van der Waals surface area (Å²) < 4.78 is 43.7. The fraction of sp³-hybridized carbons (Fsp3) is 0.524. The van der Waals surface area contributed by atoms with Crippen molar-refractivity contribution < 1.29 is 17.6 Å². The summed E-state index contributed by atoms with van der Waals surface area (Å²) in [6.45, 7) is 3.64. The Morgan fingerprint density at radius 1 is 1.32 bits per heavy atom. The first-order valence-electron chi connectivity index (χ1n) is 10.1. The van der Waals surface area contributed by atoms with E-state index in [0.717, 1.165) is 30.2 Å². The van der Waals surface area contributed by atoms with Crippen LogP contribution in [-0.4, -0.2) is 66.7 Å². The molecule has 1 atom stereocenters. The molecule has 1 aliphatic heterocycles. The second-order valence-corrected chi connectivity index (χ2v) is 7.45. The highest BCUT2D eigenvalue weighted by Crippen LogP contribution is 2.22. The number of halogens is 4. The molecule has 1 aromatic carbocycles. The van der Waals surface area contributed by atoms with Gasteiger partial charge in [0.1, 0.15) is 6.26 Å². The van der Waals surface area contributed by atoms with Crippen LogP contribution in [0.15, 0.2) is 46.0 Å². The fourth-order valence-electron chi connectivity index (χ4n) is 3.70. The molecular weight excluding hydrogens is 522 g/mol. The number of likely N-dealkylation sites (tertiary alicyclic amines) is 1. The number of nitrogens with zero attached hydrogens (tertiary/aromatic N) is 4. The zero-order valence-electron chi connectivity index (χ0n) is 17.7. The van der Waals surface area contributed by atoms with Crippen LogP contribution in [0.1, 0.15) is 19.0 Å². The maximum Gasteiger partial charge on any atom is 0.401 e. The van der Waals surface area contributed by atoms with Gasteiger partial charge in [-0.3, -0.25) is 9.89 Å². The molecule has 1 N–H and O–H groups in total. The van der Waals surface area contributed by atoms with Gasteiger partial charge in [-0.1, -0.05) is 25.1 Å². The summed E-state index contributed by atoms with van der Waals surface area (Å²) in [5, 5.41) is 3.28. The lowest BCUT2D eigenvalue weighted by Gasteiger charge is -2.26. The number of rotatable bonds is 7. The minimum atomic E-state index is -4.16. The van der Waals surface area contributed by atoms with Gasteiger partial charge in [0.15, 0.2) is 5.96 Å². The molecule has 2 aromatic rings. The molecule has 0 aliphatic carbocycles. The van der Waals surface area contributed by atoms with Gasteiger partial charge < -0.3 is 14.6 Å². The first-order chi connectivity index (χ1) is 14.4. The van der Waals surface area contributed by atoms with Gasteiger partial charge in [0.2, 0.25) is 5.89 Å². The van der Waals surface area contributed by atoms with E-state index < -0.39 is 12.7 Å². The minimum Gasteiger partial charge on any atom is -0.444 e. The van der Waals surface area contributed by atoms with Gasteiger partial charge in [0, 0.05) is 32.2 Å². The minimum absolute atomic E-state index is 0. The number of hydrogen-bond donors (Lipinski definition) is 1. The molecule has 31 heavy (non-hydrogen) atoms. The quantitative estimate of drug-likeness (QED) is 0.317. The highest BCUT2D eigenvalue weighted by molar-refractivity contribution is 14.0. The molecule has 6 nitrogen and oxygen atoms in total. The summed E-state index contributed by atoms with van der Waals surface area (Å²) in [7, 11) is 1.70. The Labute approximate surface area is 197 Å². The maximum absolute atomic E-state index is 12.7. The molecule has 1 aromatic heterocycles. The highest BCUT2D eigenvalue weighted by atomic mass is 127. The highest BCUT2D eigenvalue weighted by Gasteiger charge is 2.33. The topological polar surface area (TPSA) is 56.9 Å². The number of guanidine groups is 1. The van der Waals surface area contributed by atoms with E-state index in [1.54, 1.807) is 20.2 Å². The molecule has 172 valence electrons. The zero-order chi connectivity index (χ0) is 21.6. The average Bonchev–Trinajstić information content (AvgIpc) is 3.38. The Bertz CT molecular complexity index is 828. The van der Waals surface area contributed by atoms with Crippen molar-refractivity contribution in [2.24, 2.45) is 10.9 Å². The van der Waals surface area contributed by atoms with E-state index in [4.69, 9.17) is 4.42 Å². The number of benzene rings is 1. The van der Waals surface area contributed by atoms with Crippen LogP contribution in [0.4, 0.5) is 13.2 Å². The van der Waals surface area contributed by atoms with Gasteiger partial charge in [-0.15, -0.1) is 24.0 Å². The predicted octanol–water partition coefficient (Wildman–Crippen LogP) is 4.24. The van der Waals surface area contributed by atoms with E-state index in [-0.39, 0.29) is 29.9 Å². The second kappa shape index (κ2) is 11.7. The number of oxazole rings is 1. The van der Waals surface area contributed by atoms with Crippen molar-refractivity contribution in [3.63, 3.8) is 0 Å². The standard InChI is InChI=1S/C21H28F3N5O.HI/c1-3-28(15-21(22,23)24)12-16-9-10-29(13-16)20(25-2)26-11-18-14-30-19(27-18)17-7-5-4-6-8-17;/h4-8,14,16H,3,9-13,15H2,1-2H3,(H,25,26);1H. The van der Waals surface area contributed by atoms with Crippen molar-refractivity contribution in [3.05, 3.63) is 42.3 Å². The van der Waals surface area contributed by atoms with Crippen LogP contribution in [0.3, 0.4) is 0 Å². The molecule has 1 saturated heterocycles. The van der Waals surface area contributed by atoms with Crippen LogP contribution in [0, 0.1) is 5.92 Å². The Kier molecular flexibility index (Phi) is 9.60. The van der Waals surface area contributed by atoms with E-state index in [2.05, 4.69) is 20.2 Å². The van der Waals surface area contributed by atoms with Gasteiger partial charge in [-0.25, -0.2) is 4.98 Å². The van der Waals surface area contributed by atoms with Crippen LogP contribution in [0.5, 0.6) is 0 Å². The number of alkyl halides is 3. The zero-order valence-corrected chi connectivity index (χ0v) is 20.1. The number of hydrogen-bond acceptors (Lipinski definition) is 4. The van der Waals surface area contributed by atoms with Gasteiger partial charge in [0.05, 0.1) is 18.8 Å². The molecule has 3 rings (SSSR count). The van der Waals surface area contributed by atoms with Crippen molar-refractivity contribution in [1.82, 2.24) is 20.1 Å². The molecule has 0 bridgehead atoms. The number of aromatic nitrogens is 1. The van der Waals surface area contributed by atoms with Crippen molar-refractivity contribution in [2.75, 3.05) is 39.8 Å². The Morgan fingerprint density at radius 3 is 2.71 bits per heavy atom. The van der Waals surface area contributed by atoms with Crippen LogP contribution in [0.2, 0.25) is 0 Å². The normalized spacial score (nSPS) is 17.2. The Balaban J connectivity index is 0.00000341. The van der Waals surface area contributed by atoms with Crippen LogP contribution in [0.25, 0.3) is 11.5 Å². The molecule has 0 spiro atoms. The lowest BCUT2D eigenvalue weighted by molar-refractivity contribution is -0.146. The van der Waals surface area contributed by atoms with Crippen molar-refractivity contribution >= 4 is 29.9 Å². The van der Waals surface area contributed by atoms with Gasteiger partial charge in [-0.2, -0.15) is 13.2 Å². The van der Waals surface area contributed by atoms with Gasteiger partial charge in [-0.05, 0) is 31.0 Å². The van der Waals surface area contributed by atoms with Gasteiger partial charge in [0.25, 0.3) is 0 Å². The van der Waals surface area contributed by atoms with E-state index in [1.165, 1.54) is 4.90 Å². The summed E-state index contributed by atoms with van der Waals surface area (Å²) in [5.41, 5.74) is 1.67. The van der Waals surface area contributed by atoms with Gasteiger partial charge >= 0.3 is 6.18 Å². The molecule has 0 radical (unpaired) electrons. The van der Waals surface area contributed by atoms with E-state index >= 15 is 0 Å². The Morgan fingerprint density at radius 2 is 2.06 bits per heavy atom. The smallest absolute Gasteiger partial charge is 0.401 e. The summed E-state index contributed by atoms with van der Waals surface area (Å²) in [6, 6.07) is 9.66. The first-order valence-corrected chi connectivity index (χ1v) is 10.1. The average molecular weight is 551 g/mol. The summed E-state index contributed by atoms with van der Waals surface area (Å²) >= 11 is 0. The lowest BCUT2D eigenvalue weighted by Crippen LogP contribution is -2.41. The molecule has 10 heteroatoms. The third-order valence-corrected chi connectivity index (χ3v) is 5.16. The molecule has 1 fully saturated rings. The second-order valence-electron chi connectivity index (χ2n) is 7.45. The summed E-state index contributed by atoms with van der Waals surface area (Å²) in [5.74, 6) is 1.47. The number of nitrogens with one attached hydrogen (secondary N) is 1. The Hall–Kier alpha value is -1.82. The summed E-state index contributed by atoms with van der Waals surface area (Å²) in [6.07, 6.45) is -1.70. The van der Waals surface area contributed by atoms with Crippen molar-refractivity contribution in [2.45, 2.75) is 26.1 Å². The maximum atomic E-state index is 12.7. The van der Waals surface area contributed by atoms with Crippen molar-refractivity contribution in [3.8, 4) is 11.5 Å². The first kappa shape index (κ1) is 25.4. The molecule has 1 aliphatic rings. The third-order valence-electron chi connectivity index (χ3n) is 5.16. The largest absolute Gasteiger partial charge is 0.444 e. The van der Waals surface area contributed by atoms with Crippen LogP contribution in [-0.2, 0) is 6.54 Å². The number of aliphatic imine (C=N–C) groups is 1. The van der Waals surface area contributed by atoms with E-state index in [0.29, 0.717) is 32.1 Å². The van der Waals surface area contributed by atoms with Crippen molar-refractivity contribution in [1.29, 1.82) is 0 Å². The van der Waals surface area contributed by atoms with E-state index in [9.17, 15) is 13.2 Å². The third kappa shape index (κ3) is 7.67. The molecule has 2 heterocycles. The fourth-order valence-corrected chi connectivity index (χ4v) is 3.70. The van der Waals surface area contributed by atoms with Crippen LogP contribution >= 0.6 is 24.0 Å². The molecule has 0 saturated carbocycles. The lowest BCUT2D eigenvalue weighted by atomic mass is 10.1. The molecule has 1 unspecified atom stereocenters. The van der Waals surface area contributed by atoms with E-state index in [1.807, 2.05) is 30.3 Å².